The van der Waals surface area contributed by atoms with Gasteiger partial charge < -0.3 is 10.6 Å². The van der Waals surface area contributed by atoms with Gasteiger partial charge >= 0.3 is 0 Å². The van der Waals surface area contributed by atoms with Crippen LogP contribution in [0.5, 0.6) is 0 Å². The molecule has 0 bridgehead atoms. The molecular weight excluding hydrogens is 229 g/mol. The molecule has 0 aliphatic heterocycles. The van der Waals surface area contributed by atoms with Crippen LogP contribution in [-0.4, -0.2) is 19.0 Å². The number of guanidine groups is 1. The molecule has 1 unspecified atom stereocenters. The number of aliphatic imine (C=N–C) groups is 1. The van der Waals surface area contributed by atoms with Gasteiger partial charge in [0.1, 0.15) is 5.82 Å². The highest BCUT2D eigenvalue weighted by Gasteiger charge is 2.08. The molecule has 0 spiro atoms. The van der Waals surface area contributed by atoms with Crippen molar-refractivity contribution < 1.29 is 4.39 Å². The zero-order valence-corrected chi connectivity index (χ0v) is 11.5. The molecule has 4 heteroatoms. The minimum atomic E-state index is -0.215. The van der Waals surface area contributed by atoms with Crippen molar-refractivity contribution in [2.75, 3.05) is 7.05 Å². The van der Waals surface area contributed by atoms with Crippen molar-refractivity contribution in [3.63, 3.8) is 0 Å². The molecule has 0 aliphatic rings. The van der Waals surface area contributed by atoms with Crippen LogP contribution in [0.2, 0.25) is 0 Å². The van der Waals surface area contributed by atoms with Crippen molar-refractivity contribution in [2.24, 2.45) is 10.9 Å². The van der Waals surface area contributed by atoms with Gasteiger partial charge in [0.2, 0.25) is 0 Å². The van der Waals surface area contributed by atoms with Crippen molar-refractivity contribution in [3.8, 4) is 0 Å². The van der Waals surface area contributed by atoms with Crippen molar-refractivity contribution in [1.29, 1.82) is 0 Å². The summed E-state index contributed by atoms with van der Waals surface area (Å²) in [5.74, 6) is 1.05. The van der Waals surface area contributed by atoms with Crippen molar-refractivity contribution >= 4 is 5.96 Å². The molecule has 18 heavy (non-hydrogen) atoms. The third-order valence-electron chi connectivity index (χ3n) is 2.94. The first-order valence-electron chi connectivity index (χ1n) is 6.24. The lowest BCUT2D eigenvalue weighted by Crippen LogP contribution is -2.43. The van der Waals surface area contributed by atoms with E-state index in [-0.39, 0.29) is 5.82 Å². The number of hydrogen-bond acceptors (Lipinski definition) is 1. The quantitative estimate of drug-likeness (QED) is 0.637. The summed E-state index contributed by atoms with van der Waals surface area (Å²) in [5.41, 5.74) is 0.898. The summed E-state index contributed by atoms with van der Waals surface area (Å²) in [4.78, 5) is 4.15. The lowest BCUT2D eigenvalue weighted by molar-refractivity contribution is 0.481. The minimum Gasteiger partial charge on any atom is -0.354 e. The smallest absolute Gasteiger partial charge is 0.191 e. The third-order valence-corrected chi connectivity index (χ3v) is 2.94. The molecule has 1 aromatic rings. The summed E-state index contributed by atoms with van der Waals surface area (Å²) >= 11 is 0. The van der Waals surface area contributed by atoms with E-state index in [0.717, 1.165) is 11.5 Å². The van der Waals surface area contributed by atoms with E-state index < -0.39 is 0 Å². The monoisotopic (exact) mass is 251 g/mol. The molecule has 1 aromatic carbocycles. The standard InChI is InChI=1S/C14H22FN3/c1-10(2)11(3)18-14(16-4)17-9-12-6-5-7-13(15)8-12/h5-8,10-11H,9H2,1-4H3,(H2,16,17,18). The lowest BCUT2D eigenvalue weighted by atomic mass is 10.1. The fourth-order valence-electron chi connectivity index (χ4n) is 1.41. The van der Waals surface area contributed by atoms with E-state index in [0.29, 0.717) is 18.5 Å². The van der Waals surface area contributed by atoms with E-state index in [2.05, 4.69) is 36.4 Å². The van der Waals surface area contributed by atoms with Gasteiger partial charge in [0, 0.05) is 19.6 Å². The SMILES string of the molecule is CN=C(NCc1cccc(F)c1)NC(C)C(C)C. The Kier molecular flexibility index (Phi) is 5.62. The molecule has 0 amide bonds. The highest BCUT2D eigenvalue weighted by Crippen LogP contribution is 2.03. The Labute approximate surface area is 109 Å². The predicted molar refractivity (Wildman–Crippen MR) is 74.0 cm³/mol. The first-order valence-corrected chi connectivity index (χ1v) is 6.24. The van der Waals surface area contributed by atoms with Gasteiger partial charge in [-0.1, -0.05) is 26.0 Å². The second-order valence-electron chi connectivity index (χ2n) is 4.73. The van der Waals surface area contributed by atoms with Gasteiger partial charge in [-0.25, -0.2) is 4.39 Å². The number of nitrogens with one attached hydrogen (secondary N) is 2. The number of hydrogen-bond donors (Lipinski definition) is 2. The topological polar surface area (TPSA) is 36.4 Å². The summed E-state index contributed by atoms with van der Waals surface area (Å²) in [6.45, 7) is 6.97. The molecule has 0 aromatic heterocycles. The van der Waals surface area contributed by atoms with E-state index in [4.69, 9.17) is 0 Å². The fourth-order valence-corrected chi connectivity index (χ4v) is 1.41. The van der Waals surface area contributed by atoms with Crippen molar-refractivity contribution in [3.05, 3.63) is 35.6 Å². The highest BCUT2D eigenvalue weighted by atomic mass is 19.1. The highest BCUT2D eigenvalue weighted by molar-refractivity contribution is 5.79. The van der Waals surface area contributed by atoms with Gasteiger partial charge in [-0.3, -0.25) is 4.99 Å². The Morgan fingerprint density at radius 1 is 1.33 bits per heavy atom. The van der Waals surface area contributed by atoms with Gasteiger partial charge in [0.25, 0.3) is 0 Å². The summed E-state index contributed by atoms with van der Waals surface area (Å²) in [6, 6.07) is 6.89. The molecule has 0 saturated heterocycles. The molecule has 0 heterocycles. The second-order valence-corrected chi connectivity index (χ2v) is 4.73. The van der Waals surface area contributed by atoms with Crippen LogP contribution in [0.25, 0.3) is 0 Å². The lowest BCUT2D eigenvalue weighted by Gasteiger charge is -2.20. The van der Waals surface area contributed by atoms with Crippen molar-refractivity contribution in [1.82, 2.24) is 10.6 Å². The van der Waals surface area contributed by atoms with E-state index in [1.165, 1.54) is 12.1 Å². The number of halogens is 1. The van der Waals surface area contributed by atoms with Crippen LogP contribution in [0.1, 0.15) is 26.3 Å². The van der Waals surface area contributed by atoms with Gasteiger partial charge in [0.05, 0.1) is 0 Å². The Bertz CT molecular complexity index is 402. The maximum absolute atomic E-state index is 13.0. The Morgan fingerprint density at radius 2 is 2.06 bits per heavy atom. The maximum Gasteiger partial charge on any atom is 0.191 e. The van der Waals surface area contributed by atoms with E-state index in [1.54, 1.807) is 13.1 Å². The summed E-state index contributed by atoms with van der Waals surface area (Å²) in [5, 5.41) is 6.47. The van der Waals surface area contributed by atoms with Crippen molar-refractivity contribution in [2.45, 2.75) is 33.4 Å². The third kappa shape index (κ3) is 4.73. The molecule has 100 valence electrons. The average Bonchev–Trinajstić information content (AvgIpc) is 2.34. The Morgan fingerprint density at radius 3 is 2.61 bits per heavy atom. The molecule has 0 radical (unpaired) electrons. The van der Waals surface area contributed by atoms with Crippen LogP contribution in [0.15, 0.2) is 29.3 Å². The maximum atomic E-state index is 13.0. The summed E-state index contributed by atoms with van der Waals surface area (Å²) in [6.07, 6.45) is 0. The van der Waals surface area contributed by atoms with Crippen LogP contribution < -0.4 is 10.6 Å². The normalized spacial score (nSPS) is 13.6. The number of nitrogens with zero attached hydrogens (tertiary/aromatic N) is 1. The van der Waals surface area contributed by atoms with Gasteiger partial charge in [-0.05, 0) is 30.5 Å². The largest absolute Gasteiger partial charge is 0.354 e. The second kappa shape index (κ2) is 6.99. The van der Waals surface area contributed by atoms with Crippen LogP contribution in [0.3, 0.4) is 0 Å². The average molecular weight is 251 g/mol. The first-order chi connectivity index (χ1) is 8.52. The summed E-state index contributed by atoms with van der Waals surface area (Å²) < 4.78 is 13.0. The Hall–Kier alpha value is -1.58. The molecule has 0 fully saturated rings. The van der Waals surface area contributed by atoms with Crippen LogP contribution in [0, 0.1) is 11.7 Å². The molecule has 1 rings (SSSR count). The van der Waals surface area contributed by atoms with Gasteiger partial charge in [-0.2, -0.15) is 0 Å². The van der Waals surface area contributed by atoms with Gasteiger partial charge in [-0.15, -0.1) is 0 Å². The molecule has 2 N–H and O–H groups in total. The molecule has 0 aliphatic carbocycles. The summed E-state index contributed by atoms with van der Waals surface area (Å²) in [7, 11) is 1.73. The van der Waals surface area contributed by atoms with Gasteiger partial charge in [0.15, 0.2) is 5.96 Å². The van der Waals surface area contributed by atoms with E-state index in [9.17, 15) is 4.39 Å². The zero-order valence-electron chi connectivity index (χ0n) is 11.5. The van der Waals surface area contributed by atoms with Crippen LogP contribution in [-0.2, 0) is 6.54 Å². The number of rotatable bonds is 4. The van der Waals surface area contributed by atoms with Crippen LogP contribution in [0.4, 0.5) is 4.39 Å². The number of benzene rings is 1. The van der Waals surface area contributed by atoms with E-state index in [1.807, 2.05) is 6.07 Å². The van der Waals surface area contributed by atoms with Crippen LogP contribution >= 0.6 is 0 Å². The molecule has 0 saturated carbocycles. The Balaban J connectivity index is 2.50. The van der Waals surface area contributed by atoms with E-state index >= 15 is 0 Å². The zero-order chi connectivity index (χ0) is 13.5. The first kappa shape index (κ1) is 14.5. The minimum absolute atomic E-state index is 0.215. The molecular formula is C14H22FN3. The molecule has 1 atom stereocenters. The molecule has 3 nitrogen and oxygen atoms in total. The predicted octanol–water partition coefficient (Wildman–Crippen LogP) is 2.54. The fraction of sp³-hybridized carbons (Fsp3) is 0.500.